The molecule has 3 aromatic rings. The Morgan fingerprint density at radius 2 is 2.21 bits per heavy atom. The molecular formula is C20H24N6O2. The summed E-state index contributed by atoms with van der Waals surface area (Å²) >= 11 is 0. The maximum absolute atomic E-state index is 11.9. The van der Waals surface area contributed by atoms with Crippen molar-refractivity contribution in [2.24, 2.45) is 13.0 Å². The van der Waals surface area contributed by atoms with Crippen molar-refractivity contribution in [3.8, 4) is 17.1 Å². The third kappa shape index (κ3) is 2.85. The van der Waals surface area contributed by atoms with Crippen LogP contribution in [0.1, 0.15) is 20.3 Å². The predicted molar refractivity (Wildman–Crippen MR) is 105 cm³/mol. The summed E-state index contributed by atoms with van der Waals surface area (Å²) < 4.78 is 9.92. The Labute approximate surface area is 163 Å². The van der Waals surface area contributed by atoms with Gasteiger partial charge in [-0.15, -0.1) is 0 Å². The van der Waals surface area contributed by atoms with Crippen molar-refractivity contribution < 1.29 is 9.53 Å². The van der Waals surface area contributed by atoms with Gasteiger partial charge in [0.05, 0.1) is 24.3 Å². The molecule has 3 atom stereocenters. The second kappa shape index (κ2) is 6.47. The number of aromatic nitrogens is 5. The highest BCUT2D eigenvalue weighted by atomic mass is 16.5. The molecule has 0 aromatic carbocycles. The summed E-state index contributed by atoms with van der Waals surface area (Å²) in [4.78, 5) is 18.4. The molecule has 1 saturated carbocycles. The number of hydrogen-bond donors (Lipinski definition) is 0. The predicted octanol–water partition coefficient (Wildman–Crippen LogP) is 2.32. The minimum atomic E-state index is -0.425. The van der Waals surface area contributed by atoms with Crippen molar-refractivity contribution in [3.63, 3.8) is 0 Å². The maximum Gasteiger partial charge on any atom is 0.245 e. The summed E-state index contributed by atoms with van der Waals surface area (Å²) in [6.45, 7) is 7.73. The van der Waals surface area contributed by atoms with Crippen LogP contribution in [0.2, 0.25) is 0 Å². The second-order valence-electron chi connectivity index (χ2n) is 7.62. The first kappa shape index (κ1) is 18.2. The van der Waals surface area contributed by atoms with Gasteiger partial charge in [0.1, 0.15) is 11.1 Å². The van der Waals surface area contributed by atoms with Gasteiger partial charge in [0.15, 0.2) is 0 Å². The van der Waals surface area contributed by atoms with E-state index < -0.39 is 5.60 Å². The normalized spacial score (nSPS) is 24.0. The topological polar surface area (TPSA) is 77.6 Å². The van der Waals surface area contributed by atoms with E-state index in [0.717, 1.165) is 23.2 Å². The van der Waals surface area contributed by atoms with Gasteiger partial charge in [-0.05, 0) is 19.1 Å². The number of carbonyl (C=O) groups excluding carboxylic acids is 1. The Morgan fingerprint density at radius 1 is 1.43 bits per heavy atom. The molecule has 0 N–H and O–H groups in total. The molecule has 0 unspecified atom stereocenters. The Balaban J connectivity index is 1.64. The minimum absolute atomic E-state index is 0.0752. The first-order valence-corrected chi connectivity index (χ1v) is 9.24. The highest BCUT2D eigenvalue weighted by molar-refractivity contribution is 5.87. The number of likely N-dealkylation sites (N-methyl/N-ethyl adjacent to an activating group) is 1. The second-order valence-corrected chi connectivity index (χ2v) is 7.62. The number of carbonyl (C=O) groups is 1. The van der Waals surface area contributed by atoms with Crippen molar-refractivity contribution in [2.75, 3.05) is 7.05 Å². The fourth-order valence-electron chi connectivity index (χ4n) is 3.83. The highest BCUT2D eigenvalue weighted by Crippen LogP contribution is 2.44. The van der Waals surface area contributed by atoms with E-state index in [1.165, 1.54) is 6.08 Å². The van der Waals surface area contributed by atoms with Gasteiger partial charge in [-0.1, -0.05) is 13.5 Å². The van der Waals surface area contributed by atoms with Crippen molar-refractivity contribution in [2.45, 2.75) is 31.9 Å². The van der Waals surface area contributed by atoms with Crippen molar-refractivity contribution in [1.29, 1.82) is 0 Å². The van der Waals surface area contributed by atoms with E-state index in [-0.39, 0.29) is 17.9 Å². The quantitative estimate of drug-likeness (QED) is 0.635. The summed E-state index contributed by atoms with van der Waals surface area (Å²) in [6, 6.07) is 1.99. The monoisotopic (exact) mass is 380 g/mol. The van der Waals surface area contributed by atoms with Gasteiger partial charge in [0.2, 0.25) is 11.8 Å². The molecule has 0 spiro atoms. The summed E-state index contributed by atoms with van der Waals surface area (Å²) in [5, 5.41) is 8.57. The lowest BCUT2D eigenvalue weighted by atomic mass is 9.66. The molecule has 4 rings (SSSR count). The molecule has 8 heteroatoms. The van der Waals surface area contributed by atoms with E-state index in [1.807, 2.05) is 25.5 Å². The molecule has 146 valence electrons. The molecule has 1 fully saturated rings. The summed E-state index contributed by atoms with van der Waals surface area (Å²) in [7, 11) is 3.67. The van der Waals surface area contributed by atoms with E-state index in [0.29, 0.717) is 5.88 Å². The average Bonchev–Trinajstić information content (AvgIpc) is 3.33. The van der Waals surface area contributed by atoms with Crippen LogP contribution in [0.25, 0.3) is 16.8 Å². The number of amides is 1. The number of rotatable bonds is 5. The standard InChI is InChI=1S/C20H24N6O2/c1-6-18(27)25(5)17-9-20(3,13(17)2)28-19-16-7-8-21-26(16)12-15(23-19)14-10-22-24(4)11-14/h6-8,10-13,17H,1,9H2,2-5H3/t13-,17-,20-/m1/s1. The first-order chi connectivity index (χ1) is 13.3. The molecular weight excluding hydrogens is 356 g/mol. The third-order valence-electron chi connectivity index (χ3n) is 5.86. The smallest absolute Gasteiger partial charge is 0.245 e. The van der Waals surface area contributed by atoms with Crippen molar-refractivity contribution in [3.05, 3.63) is 43.5 Å². The van der Waals surface area contributed by atoms with Gasteiger partial charge < -0.3 is 9.64 Å². The highest BCUT2D eigenvalue weighted by Gasteiger charge is 2.53. The minimum Gasteiger partial charge on any atom is -0.469 e. The fraction of sp³-hybridized carbons (Fsp3) is 0.400. The molecule has 1 aliphatic rings. The zero-order valence-corrected chi connectivity index (χ0v) is 16.5. The number of aryl methyl sites for hydroxylation is 1. The van der Waals surface area contributed by atoms with Gasteiger partial charge in [-0.2, -0.15) is 10.2 Å². The molecule has 0 saturated heterocycles. The molecule has 3 aromatic heterocycles. The van der Waals surface area contributed by atoms with Gasteiger partial charge in [-0.3, -0.25) is 9.48 Å². The van der Waals surface area contributed by atoms with E-state index >= 15 is 0 Å². The Hall–Kier alpha value is -3.16. The maximum atomic E-state index is 11.9. The van der Waals surface area contributed by atoms with E-state index in [9.17, 15) is 4.79 Å². The lowest BCUT2D eigenvalue weighted by Gasteiger charge is -2.53. The zero-order chi connectivity index (χ0) is 20.1. The molecule has 3 heterocycles. The number of hydrogen-bond acceptors (Lipinski definition) is 5. The van der Waals surface area contributed by atoms with Crippen LogP contribution in [0, 0.1) is 5.92 Å². The van der Waals surface area contributed by atoms with Gasteiger partial charge in [-0.25, -0.2) is 9.50 Å². The summed E-state index contributed by atoms with van der Waals surface area (Å²) in [5.41, 5.74) is 2.02. The molecule has 0 aliphatic heterocycles. The zero-order valence-electron chi connectivity index (χ0n) is 16.5. The Morgan fingerprint density at radius 3 is 2.86 bits per heavy atom. The average molecular weight is 380 g/mol. The SMILES string of the molecule is C=CC(=O)N(C)[C@@H]1C[C@@](C)(Oc2nc(-c3cnn(C)c3)cn3nccc23)[C@@H]1C. The Bertz CT molecular complexity index is 1050. The number of nitrogens with zero attached hydrogens (tertiary/aromatic N) is 6. The number of fused-ring (bicyclic) bond motifs is 1. The summed E-state index contributed by atoms with van der Waals surface area (Å²) in [6.07, 6.45) is 9.33. The fourth-order valence-corrected chi connectivity index (χ4v) is 3.83. The van der Waals surface area contributed by atoms with E-state index in [1.54, 1.807) is 33.5 Å². The van der Waals surface area contributed by atoms with Gasteiger partial charge in [0.25, 0.3) is 0 Å². The van der Waals surface area contributed by atoms with Crippen molar-refractivity contribution >= 4 is 11.4 Å². The van der Waals surface area contributed by atoms with Crippen LogP contribution in [0.3, 0.4) is 0 Å². The Kier molecular flexibility index (Phi) is 4.21. The van der Waals surface area contributed by atoms with Crippen LogP contribution in [0.4, 0.5) is 0 Å². The van der Waals surface area contributed by atoms with Crippen LogP contribution < -0.4 is 4.74 Å². The molecule has 8 nitrogen and oxygen atoms in total. The molecule has 1 amide bonds. The third-order valence-corrected chi connectivity index (χ3v) is 5.86. The van der Waals surface area contributed by atoms with Gasteiger partial charge in [0, 0.05) is 44.2 Å². The number of ether oxygens (including phenoxy) is 1. The molecule has 0 radical (unpaired) electrons. The van der Waals surface area contributed by atoms with Crippen LogP contribution in [0.5, 0.6) is 5.88 Å². The summed E-state index contributed by atoms with van der Waals surface area (Å²) in [5.74, 6) is 0.603. The molecule has 1 aliphatic carbocycles. The lowest BCUT2D eigenvalue weighted by Crippen LogP contribution is -2.63. The van der Waals surface area contributed by atoms with Crippen molar-refractivity contribution in [1.82, 2.24) is 29.3 Å². The van der Waals surface area contributed by atoms with Gasteiger partial charge >= 0.3 is 0 Å². The lowest BCUT2D eigenvalue weighted by molar-refractivity contribution is -0.144. The first-order valence-electron chi connectivity index (χ1n) is 9.24. The van der Waals surface area contributed by atoms with Crippen LogP contribution in [0.15, 0.2) is 43.5 Å². The largest absolute Gasteiger partial charge is 0.469 e. The van der Waals surface area contributed by atoms with Crippen LogP contribution >= 0.6 is 0 Å². The van der Waals surface area contributed by atoms with E-state index in [4.69, 9.17) is 9.72 Å². The van der Waals surface area contributed by atoms with Crippen LogP contribution in [-0.4, -0.2) is 53.9 Å². The molecule has 0 bridgehead atoms. The molecule has 28 heavy (non-hydrogen) atoms. The van der Waals surface area contributed by atoms with Crippen LogP contribution in [-0.2, 0) is 11.8 Å². The van der Waals surface area contributed by atoms with E-state index in [2.05, 4.69) is 30.6 Å².